The van der Waals surface area contributed by atoms with E-state index < -0.39 is 9.05 Å². The molecule has 0 aliphatic carbocycles. The third-order valence-electron chi connectivity index (χ3n) is 0.338. The van der Waals surface area contributed by atoms with Crippen LogP contribution in [0.3, 0.4) is 0 Å². The molecule has 0 spiro atoms. The van der Waals surface area contributed by atoms with Gasteiger partial charge in [-0.25, -0.2) is 0 Å². The molecule has 52 valence electrons. The second-order valence-corrected chi connectivity index (χ2v) is 2.44. The van der Waals surface area contributed by atoms with Gasteiger partial charge in [-0.15, -0.1) is 0 Å². The van der Waals surface area contributed by atoms with Crippen molar-refractivity contribution >= 4 is 9.05 Å². The van der Waals surface area contributed by atoms with Crippen LogP contribution in [-0.2, 0) is 4.43 Å². The van der Waals surface area contributed by atoms with E-state index in [1.54, 1.807) is 6.92 Å². The van der Waals surface area contributed by atoms with Crippen LogP contribution in [0.2, 0.25) is 0 Å². The fourth-order valence-corrected chi connectivity index (χ4v) is 0.581. The molecular formula is C2H11NO4Si. The second kappa shape index (κ2) is 3.95. The van der Waals surface area contributed by atoms with Crippen LogP contribution in [0.25, 0.3) is 0 Å². The highest BCUT2D eigenvalue weighted by molar-refractivity contribution is 6.48. The molecule has 0 aromatic heterocycles. The average Bonchev–Trinajstić information content (AvgIpc) is 1.30. The lowest BCUT2D eigenvalue weighted by molar-refractivity contribution is 0.0687. The summed E-state index contributed by atoms with van der Waals surface area (Å²) >= 11 is 0. The molecule has 6 N–H and O–H groups in total. The van der Waals surface area contributed by atoms with Crippen molar-refractivity contribution in [3.05, 3.63) is 0 Å². The Morgan fingerprint density at radius 2 is 1.75 bits per heavy atom. The van der Waals surface area contributed by atoms with Crippen molar-refractivity contribution in [2.45, 2.75) is 6.92 Å². The number of hydrogen-bond donors (Lipinski definition) is 4. The van der Waals surface area contributed by atoms with Crippen LogP contribution in [0.15, 0.2) is 0 Å². The third kappa shape index (κ3) is 9.39. The summed E-state index contributed by atoms with van der Waals surface area (Å²) in [6.07, 6.45) is 0. The van der Waals surface area contributed by atoms with Gasteiger partial charge in [0.25, 0.3) is 0 Å². The molecule has 0 aliphatic rings. The van der Waals surface area contributed by atoms with Gasteiger partial charge in [0.05, 0.1) is 0 Å². The first-order valence-corrected chi connectivity index (χ1v) is 3.62. The van der Waals surface area contributed by atoms with Gasteiger partial charge in [0.15, 0.2) is 0 Å². The van der Waals surface area contributed by atoms with Gasteiger partial charge in [0.2, 0.25) is 0 Å². The summed E-state index contributed by atoms with van der Waals surface area (Å²) in [5, 5.41) is 0. The first kappa shape index (κ1) is 10.9. The molecule has 8 heavy (non-hydrogen) atoms. The Hall–Kier alpha value is 0.0169. The minimum Gasteiger partial charge on any atom is -0.368 e. The van der Waals surface area contributed by atoms with Gasteiger partial charge in [-0.05, 0) is 6.92 Å². The van der Waals surface area contributed by atoms with Crippen LogP contribution in [0.4, 0.5) is 0 Å². The van der Waals surface area contributed by atoms with E-state index in [0.29, 0.717) is 0 Å². The van der Waals surface area contributed by atoms with Crippen molar-refractivity contribution in [1.82, 2.24) is 6.15 Å². The summed E-state index contributed by atoms with van der Waals surface area (Å²) in [5.74, 6) is 0. The Kier molecular flexibility index (Phi) is 5.39. The van der Waals surface area contributed by atoms with Gasteiger partial charge < -0.3 is 25.0 Å². The predicted molar refractivity (Wildman–Crippen MR) is 29.1 cm³/mol. The fraction of sp³-hybridized carbons (Fsp3) is 1.00. The van der Waals surface area contributed by atoms with Crippen molar-refractivity contribution in [1.29, 1.82) is 0 Å². The molecule has 0 saturated heterocycles. The lowest BCUT2D eigenvalue weighted by Gasteiger charge is -2.05. The minimum atomic E-state index is -4.16. The summed E-state index contributed by atoms with van der Waals surface area (Å²) in [4.78, 5) is 24.1. The minimum absolute atomic E-state index is 0. The molecule has 5 nitrogen and oxygen atoms in total. The van der Waals surface area contributed by atoms with Crippen LogP contribution < -0.4 is 6.15 Å². The van der Waals surface area contributed by atoms with E-state index in [2.05, 4.69) is 4.43 Å². The summed E-state index contributed by atoms with van der Waals surface area (Å²) in [6.45, 7) is 1.68. The molecule has 0 amide bonds. The lowest BCUT2D eigenvalue weighted by atomic mass is 10.9. The molecule has 0 bridgehead atoms. The van der Waals surface area contributed by atoms with Crippen molar-refractivity contribution in [3.63, 3.8) is 0 Å². The highest BCUT2D eigenvalue weighted by atomic mass is 28.4. The standard InChI is InChI=1S/C2H8O4Si.H3N/c1-2-6-7(3,4)5;/h3-5H,2H2,1H3;1H3. The molecule has 0 atom stereocenters. The summed E-state index contributed by atoms with van der Waals surface area (Å²) in [6, 6.07) is 0. The van der Waals surface area contributed by atoms with E-state index in [1.807, 2.05) is 0 Å². The first-order valence-electron chi connectivity index (χ1n) is 1.87. The molecule has 6 heteroatoms. The highest BCUT2D eigenvalue weighted by Crippen LogP contribution is 1.85. The van der Waals surface area contributed by atoms with Gasteiger partial charge in [0, 0.05) is 6.61 Å². The molecule has 0 aromatic rings. The highest BCUT2D eigenvalue weighted by Gasteiger charge is 2.28. The second-order valence-electron chi connectivity index (χ2n) is 1.01. The largest absolute Gasteiger partial charge is 0.671 e. The Labute approximate surface area is 48.6 Å². The Morgan fingerprint density at radius 3 is 1.75 bits per heavy atom. The van der Waals surface area contributed by atoms with Crippen LogP contribution in [0.1, 0.15) is 6.92 Å². The maximum atomic E-state index is 8.05. The van der Waals surface area contributed by atoms with Crippen LogP contribution in [-0.4, -0.2) is 30.0 Å². The monoisotopic (exact) mass is 141 g/mol. The summed E-state index contributed by atoms with van der Waals surface area (Å²) in [5.41, 5.74) is 0. The summed E-state index contributed by atoms with van der Waals surface area (Å²) < 4.78 is 4.03. The van der Waals surface area contributed by atoms with Crippen LogP contribution in [0, 0.1) is 0 Å². The Bertz CT molecular complexity index is 52.5. The van der Waals surface area contributed by atoms with Crippen LogP contribution >= 0.6 is 0 Å². The molecule has 0 unspecified atom stereocenters. The quantitative estimate of drug-likeness (QED) is 0.354. The van der Waals surface area contributed by atoms with Gasteiger partial charge in [0.1, 0.15) is 0 Å². The average molecular weight is 141 g/mol. The van der Waals surface area contributed by atoms with E-state index in [-0.39, 0.29) is 12.8 Å². The maximum absolute atomic E-state index is 8.05. The van der Waals surface area contributed by atoms with Crippen LogP contribution in [0.5, 0.6) is 0 Å². The first-order chi connectivity index (χ1) is 3.06. The molecule has 0 fully saturated rings. The Balaban J connectivity index is 0. The molecule has 0 radical (unpaired) electrons. The predicted octanol–water partition coefficient (Wildman–Crippen LogP) is -1.40. The summed E-state index contributed by atoms with van der Waals surface area (Å²) in [7, 11) is -4.16. The van der Waals surface area contributed by atoms with Gasteiger partial charge in [-0.1, -0.05) is 0 Å². The molecule has 0 saturated carbocycles. The van der Waals surface area contributed by atoms with Gasteiger partial charge >= 0.3 is 9.05 Å². The zero-order valence-corrected chi connectivity index (χ0v) is 5.66. The fourth-order valence-electron chi connectivity index (χ4n) is 0.194. The van der Waals surface area contributed by atoms with Crippen molar-refractivity contribution in [3.8, 4) is 0 Å². The maximum Gasteiger partial charge on any atom is 0.671 e. The molecule has 0 aromatic carbocycles. The molecule has 0 aliphatic heterocycles. The van der Waals surface area contributed by atoms with E-state index >= 15 is 0 Å². The van der Waals surface area contributed by atoms with E-state index in [4.69, 9.17) is 14.4 Å². The van der Waals surface area contributed by atoms with E-state index in [9.17, 15) is 0 Å². The molecule has 0 rings (SSSR count). The van der Waals surface area contributed by atoms with Gasteiger partial charge in [-0.3, -0.25) is 0 Å². The molecular weight excluding hydrogens is 130 g/mol. The third-order valence-corrected chi connectivity index (χ3v) is 1.01. The van der Waals surface area contributed by atoms with Gasteiger partial charge in [-0.2, -0.15) is 0 Å². The smallest absolute Gasteiger partial charge is 0.368 e. The zero-order chi connectivity index (χ0) is 5.91. The van der Waals surface area contributed by atoms with E-state index in [0.717, 1.165) is 0 Å². The molecule has 0 heterocycles. The SMILES string of the molecule is CCO[Si](O)(O)O.N. The topological polar surface area (TPSA) is 105 Å². The lowest BCUT2D eigenvalue weighted by Crippen LogP contribution is -2.38. The Morgan fingerprint density at radius 1 is 1.38 bits per heavy atom. The van der Waals surface area contributed by atoms with E-state index in [1.165, 1.54) is 0 Å². The number of rotatable bonds is 2. The zero-order valence-electron chi connectivity index (χ0n) is 4.66. The van der Waals surface area contributed by atoms with Crippen molar-refractivity contribution in [2.75, 3.05) is 6.61 Å². The number of hydrogen-bond acceptors (Lipinski definition) is 5. The van der Waals surface area contributed by atoms with Crippen molar-refractivity contribution < 1.29 is 18.8 Å². The normalized spacial score (nSPS) is 10.5. The van der Waals surface area contributed by atoms with Crippen molar-refractivity contribution in [2.24, 2.45) is 0 Å².